The summed E-state index contributed by atoms with van der Waals surface area (Å²) >= 11 is 16.1. The molecule has 10 heteroatoms. The van der Waals surface area contributed by atoms with Crippen molar-refractivity contribution in [3.05, 3.63) is 97.9 Å². The predicted octanol–water partition coefficient (Wildman–Crippen LogP) is 5.65. The van der Waals surface area contributed by atoms with Crippen LogP contribution in [-0.4, -0.2) is 48.7 Å². The van der Waals surface area contributed by atoms with Crippen molar-refractivity contribution in [2.75, 3.05) is 13.1 Å². The molecule has 1 saturated heterocycles. The maximum atomic E-state index is 13.9. The van der Waals surface area contributed by atoms with Crippen molar-refractivity contribution in [3.8, 4) is 0 Å². The van der Waals surface area contributed by atoms with Crippen molar-refractivity contribution in [2.24, 2.45) is 0 Å². The second-order valence-electron chi connectivity index (χ2n) is 9.78. The average Bonchev–Trinajstić information content (AvgIpc) is 2.89. The molecule has 3 aromatic rings. The van der Waals surface area contributed by atoms with Gasteiger partial charge in [-0.25, -0.2) is 8.42 Å². The smallest absolute Gasteiger partial charge is 0.247 e. The normalized spacial score (nSPS) is 19.2. The van der Waals surface area contributed by atoms with E-state index in [2.05, 4.69) is 38.3 Å². The number of nitrogens with zero attached hydrogens (tertiary/aromatic N) is 2. The lowest BCUT2D eigenvalue weighted by molar-refractivity contribution is -0.126. The van der Waals surface area contributed by atoms with Gasteiger partial charge in [0.1, 0.15) is 10.9 Å². The number of hydrogen-bond acceptors (Lipinski definition) is 4. The summed E-state index contributed by atoms with van der Waals surface area (Å²) in [6.07, 6.45) is 1.88. The molecular weight excluding hydrogens is 609 g/mol. The number of benzene rings is 3. The van der Waals surface area contributed by atoms with Gasteiger partial charge < -0.3 is 5.32 Å². The third kappa shape index (κ3) is 5.96. The number of piperidine rings is 1. The van der Waals surface area contributed by atoms with E-state index in [1.54, 1.807) is 6.07 Å². The quantitative estimate of drug-likeness (QED) is 0.380. The molecule has 0 radical (unpaired) electrons. The number of halogens is 3. The Morgan fingerprint density at radius 1 is 0.947 bits per heavy atom. The molecule has 3 aromatic carbocycles. The van der Waals surface area contributed by atoms with Crippen LogP contribution in [0.25, 0.3) is 0 Å². The van der Waals surface area contributed by atoms with Crippen LogP contribution in [-0.2, 0) is 34.3 Å². The summed E-state index contributed by atoms with van der Waals surface area (Å²) in [7, 11) is -4.15. The van der Waals surface area contributed by atoms with E-state index in [1.165, 1.54) is 22.0 Å². The van der Waals surface area contributed by atoms with Crippen LogP contribution in [0.4, 0.5) is 0 Å². The number of fused-ring (bicyclic) bond motifs is 1. The fourth-order valence-corrected chi connectivity index (χ4v) is 8.35. The molecule has 2 heterocycles. The first kappa shape index (κ1) is 27.6. The molecule has 6 nitrogen and oxygen atoms in total. The monoisotopic (exact) mass is 635 g/mol. The van der Waals surface area contributed by atoms with Crippen LogP contribution in [0.3, 0.4) is 0 Å². The summed E-state index contributed by atoms with van der Waals surface area (Å²) in [5.41, 5.74) is 3.07. The standard InChI is InChI=1S/C28H28BrCl2N3O3S/c29-22-8-3-5-19(15-22)17-33-13-11-23(12-14-33)32-28(35)26-16-20-6-1-2-7-21(20)18-34(26)38(36,37)27-24(30)9-4-10-25(27)31/h1-10,15,23,26H,11-14,16-18H2,(H,32,35). The van der Waals surface area contributed by atoms with Gasteiger partial charge in [-0.15, -0.1) is 0 Å². The fraction of sp³-hybridized carbons (Fsp3) is 0.321. The predicted molar refractivity (Wildman–Crippen MR) is 154 cm³/mol. The Balaban J connectivity index is 1.32. The molecule has 0 saturated carbocycles. The number of carbonyl (C=O) groups excluding carboxylic acids is 1. The van der Waals surface area contributed by atoms with E-state index in [9.17, 15) is 13.2 Å². The van der Waals surface area contributed by atoms with Crippen molar-refractivity contribution < 1.29 is 13.2 Å². The molecule has 1 amide bonds. The van der Waals surface area contributed by atoms with Crippen molar-refractivity contribution in [1.29, 1.82) is 0 Å². The van der Waals surface area contributed by atoms with Gasteiger partial charge in [-0.2, -0.15) is 4.31 Å². The van der Waals surface area contributed by atoms with Crippen LogP contribution >= 0.6 is 39.1 Å². The summed E-state index contributed by atoms with van der Waals surface area (Å²) in [5, 5.41) is 3.22. The van der Waals surface area contributed by atoms with Crippen molar-refractivity contribution in [1.82, 2.24) is 14.5 Å². The topological polar surface area (TPSA) is 69.7 Å². The van der Waals surface area contributed by atoms with Crippen LogP contribution in [0.15, 0.2) is 76.1 Å². The van der Waals surface area contributed by atoms with E-state index in [0.29, 0.717) is 0 Å². The average molecular weight is 637 g/mol. The molecule has 1 atom stereocenters. The first-order chi connectivity index (χ1) is 18.2. The molecule has 1 fully saturated rings. The maximum Gasteiger partial charge on any atom is 0.247 e. The van der Waals surface area contributed by atoms with Crippen molar-refractivity contribution >= 4 is 55.1 Å². The number of rotatable bonds is 6. The number of carbonyl (C=O) groups is 1. The number of likely N-dealkylation sites (tertiary alicyclic amines) is 1. The zero-order valence-electron chi connectivity index (χ0n) is 20.6. The highest BCUT2D eigenvalue weighted by molar-refractivity contribution is 9.10. The lowest BCUT2D eigenvalue weighted by Gasteiger charge is -2.37. The van der Waals surface area contributed by atoms with Gasteiger partial charge in [0.15, 0.2) is 0 Å². The lowest BCUT2D eigenvalue weighted by Crippen LogP contribution is -2.55. The highest BCUT2D eigenvalue weighted by Crippen LogP contribution is 2.36. The van der Waals surface area contributed by atoms with Gasteiger partial charge in [0.2, 0.25) is 15.9 Å². The third-order valence-electron chi connectivity index (χ3n) is 7.22. The van der Waals surface area contributed by atoms with Crippen LogP contribution in [0.1, 0.15) is 29.5 Å². The second kappa shape index (κ2) is 11.7. The molecule has 38 heavy (non-hydrogen) atoms. The SMILES string of the molecule is O=C(NC1CCN(Cc2cccc(Br)c2)CC1)C1Cc2ccccc2CN1S(=O)(=O)c1c(Cl)cccc1Cl. The molecule has 2 aliphatic rings. The highest BCUT2D eigenvalue weighted by Gasteiger charge is 2.41. The molecular formula is C28H28BrCl2N3O3S. The lowest BCUT2D eigenvalue weighted by atomic mass is 9.95. The van der Waals surface area contributed by atoms with Crippen molar-refractivity contribution in [3.63, 3.8) is 0 Å². The molecule has 0 spiro atoms. The number of amides is 1. The van der Waals surface area contributed by atoms with E-state index in [1.807, 2.05) is 36.4 Å². The van der Waals surface area contributed by atoms with Crippen LogP contribution < -0.4 is 5.32 Å². The van der Waals surface area contributed by atoms with Crippen molar-refractivity contribution in [2.45, 2.75) is 49.3 Å². The molecule has 5 rings (SSSR count). The van der Waals surface area contributed by atoms with Gasteiger partial charge in [-0.1, -0.05) is 81.6 Å². The van der Waals surface area contributed by atoms with E-state index < -0.39 is 16.1 Å². The number of nitrogens with one attached hydrogen (secondary N) is 1. The summed E-state index contributed by atoms with van der Waals surface area (Å²) in [5.74, 6) is -0.295. The molecule has 1 unspecified atom stereocenters. The number of hydrogen-bond donors (Lipinski definition) is 1. The molecule has 1 N–H and O–H groups in total. The van der Waals surface area contributed by atoms with Gasteiger partial charge in [-0.05, 0) is 60.2 Å². The Kier molecular flexibility index (Phi) is 8.48. The zero-order chi connectivity index (χ0) is 26.9. The Bertz CT molecular complexity index is 1420. The summed E-state index contributed by atoms with van der Waals surface area (Å²) in [6.45, 7) is 2.62. The van der Waals surface area contributed by atoms with E-state index in [-0.39, 0.29) is 39.9 Å². The Labute approximate surface area is 242 Å². The van der Waals surface area contributed by atoms with E-state index in [4.69, 9.17) is 23.2 Å². The van der Waals surface area contributed by atoms with Gasteiger partial charge in [0, 0.05) is 36.7 Å². The van der Waals surface area contributed by atoms with Gasteiger partial charge >= 0.3 is 0 Å². The van der Waals surface area contributed by atoms with Crippen LogP contribution in [0.5, 0.6) is 0 Å². The van der Waals surface area contributed by atoms with Gasteiger partial charge in [0.05, 0.1) is 10.0 Å². The Hall–Kier alpha value is -1.94. The first-order valence-corrected chi connectivity index (χ1v) is 15.5. The fourth-order valence-electron chi connectivity index (χ4n) is 5.25. The minimum Gasteiger partial charge on any atom is -0.352 e. The number of sulfonamides is 1. The van der Waals surface area contributed by atoms with Gasteiger partial charge in [-0.3, -0.25) is 9.69 Å². The molecule has 0 bridgehead atoms. The maximum absolute atomic E-state index is 13.9. The second-order valence-corrected chi connectivity index (χ2v) is 13.3. The largest absolute Gasteiger partial charge is 0.352 e. The van der Waals surface area contributed by atoms with E-state index >= 15 is 0 Å². The minimum atomic E-state index is -4.15. The Morgan fingerprint density at radius 3 is 2.29 bits per heavy atom. The van der Waals surface area contributed by atoms with Crippen LogP contribution in [0.2, 0.25) is 10.0 Å². The molecule has 0 aliphatic carbocycles. The van der Waals surface area contributed by atoms with Crippen LogP contribution in [0, 0.1) is 0 Å². The van der Waals surface area contributed by atoms with Gasteiger partial charge in [0.25, 0.3) is 0 Å². The highest BCUT2D eigenvalue weighted by atomic mass is 79.9. The summed E-state index contributed by atoms with van der Waals surface area (Å²) in [4.78, 5) is 15.8. The first-order valence-electron chi connectivity index (χ1n) is 12.5. The summed E-state index contributed by atoms with van der Waals surface area (Å²) < 4.78 is 30.0. The van der Waals surface area contributed by atoms with E-state index in [0.717, 1.165) is 48.1 Å². The summed E-state index contributed by atoms with van der Waals surface area (Å²) in [6, 6.07) is 19.6. The Morgan fingerprint density at radius 2 is 1.61 bits per heavy atom. The third-order valence-corrected chi connectivity index (χ3v) is 10.5. The molecule has 2 aliphatic heterocycles. The zero-order valence-corrected chi connectivity index (χ0v) is 24.5. The molecule has 0 aromatic heterocycles. The minimum absolute atomic E-state index is 0.0214. The molecule has 200 valence electrons.